The van der Waals surface area contributed by atoms with Crippen molar-refractivity contribution in [1.29, 1.82) is 0 Å². The van der Waals surface area contributed by atoms with E-state index in [1.54, 1.807) is 0 Å². The summed E-state index contributed by atoms with van der Waals surface area (Å²) in [6, 6.07) is 4.52. The standard InChI is InChI=1S/C16H28N2O/c1-4-8-16(19-6-3)15(18-10-5-2)12-14-9-7-11-17-13-14/h7,9,11,13,15-16,18H,4-6,8,10,12H2,1-3H3. The summed E-state index contributed by atoms with van der Waals surface area (Å²) >= 11 is 0. The highest BCUT2D eigenvalue weighted by atomic mass is 16.5. The number of hydrogen-bond acceptors (Lipinski definition) is 3. The van der Waals surface area contributed by atoms with E-state index < -0.39 is 0 Å². The summed E-state index contributed by atoms with van der Waals surface area (Å²) in [5.74, 6) is 0. The minimum Gasteiger partial charge on any atom is -0.377 e. The Hall–Kier alpha value is -0.930. The molecular weight excluding hydrogens is 236 g/mol. The van der Waals surface area contributed by atoms with E-state index in [2.05, 4.69) is 37.1 Å². The molecule has 1 rings (SSSR count). The molecule has 19 heavy (non-hydrogen) atoms. The molecule has 0 saturated carbocycles. The van der Waals surface area contributed by atoms with Gasteiger partial charge in [-0.1, -0.05) is 26.3 Å². The fourth-order valence-electron chi connectivity index (χ4n) is 2.34. The Labute approximate surface area is 117 Å². The maximum absolute atomic E-state index is 5.93. The Balaban J connectivity index is 2.67. The monoisotopic (exact) mass is 264 g/mol. The number of hydrogen-bond donors (Lipinski definition) is 1. The van der Waals surface area contributed by atoms with Crippen molar-refractivity contribution < 1.29 is 4.74 Å². The van der Waals surface area contributed by atoms with E-state index in [0.717, 1.165) is 38.8 Å². The molecule has 2 unspecified atom stereocenters. The Morgan fingerprint density at radius 3 is 2.68 bits per heavy atom. The van der Waals surface area contributed by atoms with Crippen LogP contribution in [0.5, 0.6) is 0 Å². The first kappa shape index (κ1) is 16.1. The highest BCUT2D eigenvalue weighted by Gasteiger charge is 2.20. The molecule has 1 N–H and O–H groups in total. The molecular formula is C16H28N2O. The molecule has 0 bridgehead atoms. The van der Waals surface area contributed by atoms with E-state index in [1.165, 1.54) is 5.56 Å². The molecule has 1 aromatic heterocycles. The molecule has 2 atom stereocenters. The van der Waals surface area contributed by atoms with Gasteiger partial charge in [0.15, 0.2) is 0 Å². The van der Waals surface area contributed by atoms with Gasteiger partial charge in [-0.15, -0.1) is 0 Å². The van der Waals surface area contributed by atoms with Crippen LogP contribution >= 0.6 is 0 Å². The van der Waals surface area contributed by atoms with Crippen molar-refractivity contribution in [3.63, 3.8) is 0 Å². The number of ether oxygens (including phenoxy) is 1. The highest BCUT2D eigenvalue weighted by Crippen LogP contribution is 2.13. The van der Waals surface area contributed by atoms with Crippen LogP contribution in [-0.2, 0) is 11.2 Å². The minimum atomic E-state index is 0.293. The second kappa shape index (κ2) is 9.93. The van der Waals surface area contributed by atoms with Gasteiger partial charge in [0.25, 0.3) is 0 Å². The summed E-state index contributed by atoms with van der Waals surface area (Å²) < 4.78 is 5.93. The zero-order valence-corrected chi connectivity index (χ0v) is 12.6. The third-order valence-electron chi connectivity index (χ3n) is 3.24. The zero-order chi connectivity index (χ0) is 13.9. The van der Waals surface area contributed by atoms with Crippen LogP contribution in [0, 0.1) is 0 Å². The molecule has 0 aliphatic heterocycles. The Bertz CT molecular complexity index is 310. The first-order valence-electron chi connectivity index (χ1n) is 7.55. The Morgan fingerprint density at radius 2 is 2.11 bits per heavy atom. The summed E-state index contributed by atoms with van der Waals surface area (Å²) in [6.07, 6.45) is 8.46. The second-order valence-corrected chi connectivity index (χ2v) is 4.91. The van der Waals surface area contributed by atoms with Crippen molar-refractivity contribution in [2.24, 2.45) is 0 Å². The number of pyridine rings is 1. The molecule has 3 nitrogen and oxygen atoms in total. The van der Waals surface area contributed by atoms with Gasteiger partial charge in [0.2, 0.25) is 0 Å². The van der Waals surface area contributed by atoms with Crippen molar-refractivity contribution in [3.05, 3.63) is 30.1 Å². The fourth-order valence-corrected chi connectivity index (χ4v) is 2.34. The van der Waals surface area contributed by atoms with Crippen LogP contribution in [-0.4, -0.2) is 30.3 Å². The van der Waals surface area contributed by atoms with Gasteiger partial charge >= 0.3 is 0 Å². The van der Waals surface area contributed by atoms with Crippen LogP contribution in [0.1, 0.15) is 45.6 Å². The van der Waals surface area contributed by atoms with Crippen LogP contribution in [0.4, 0.5) is 0 Å². The Morgan fingerprint density at radius 1 is 1.26 bits per heavy atom. The molecule has 0 spiro atoms. The van der Waals surface area contributed by atoms with E-state index in [4.69, 9.17) is 4.74 Å². The molecule has 0 saturated heterocycles. The lowest BCUT2D eigenvalue weighted by molar-refractivity contribution is 0.0282. The molecule has 3 heteroatoms. The number of nitrogens with zero attached hydrogens (tertiary/aromatic N) is 1. The first-order chi connectivity index (χ1) is 9.31. The van der Waals surface area contributed by atoms with E-state index in [1.807, 2.05) is 18.5 Å². The number of aromatic nitrogens is 1. The smallest absolute Gasteiger partial charge is 0.0731 e. The van der Waals surface area contributed by atoms with Gasteiger partial charge in [-0.2, -0.15) is 0 Å². The molecule has 0 amide bonds. The van der Waals surface area contributed by atoms with Gasteiger partial charge in [0, 0.05) is 25.0 Å². The topological polar surface area (TPSA) is 34.2 Å². The van der Waals surface area contributed by atoms with Crippen LogP contribution in [0.15, 0.2) is 24.5 Å². The lowest BCUT2D eigenvalue weighted by Crippen LogP contribution is -2.43. The molecule has 0 radical (unpaired) electrons. The predicted octanol–water partition coefficient (Wildman–Crippen LogP) is 3.20. The average Bonchev–Trinajstić information content (AvgIpc) is 2.44. The van der Waals surface area contributed by atoms with Gasteiger partial charge in [-0.25, -0.2) is 0 Å². The van der Waals surface area contributed by atoms with Gasteiger partial charge < -0.3 is 10.1 Å². The molecule has 108 valence electrons. The van der Waals surface area contributed by atoms with Crippen molar-refractivity contribution in [1.82, 2.24) is 10.3 Å². The minimum absolute atomic E-state index is 0.293. The van der Waals surface area contributed by atoms with Crippen LogP contribution in [0.2, 0.25) is 0 Å². The van der Waals surface area contributed by atoms with E-state index in [0.29, 0.717) is 12.1 Å². The van der Waals surface area contributed by atoms with Crippen molar-refractivity contribution >= 4 is 0 Å². The SMILES string of the molecule is CCCNC(Cc1cccnc1)C(CCC)OCC. The normalized spacial score (nSPS) is 14.3. The van der Waals surface area contributed by atoms with Crippen LogP contribution in [0.3, 0.4) is 0 Å². The summed E-state index contributed by atoms with van der Waals surface area (Å²) in [5, 5.41) is 3.63. The number of nitrogens with one attached hydrogen (secondary N) is 1. The van der Waals surface area contributed by atoms with E-state index >= 15 is 0 Å². The summed E-state index contributed by atoms with van der Waals surface area (Å²) in [7, 11) is 0. The van der Waals surface area contributed by atoms with Crippen molar-refractivity contribution in [2.45, 2.75) is 58.6 Å². The van der Waals surface area contributed by atoms with Crippen LogP contribution in [0.25, 0.3) is 0 Å². The summed E-state index contributed by atoms with van der Waals surface area (Å²) in [6.45, 7) is 8.31. The van der Waals surface area contributed by atoms with E-state index in [-0.39, 0.29) is 0 Å². The lowest BCUT2D eigenvalue weighted by Gasteiger charge is -2.28. The maximum Gasteiger partial charge on any atom is 0.0731 e. The molecule has 0 fully saturated rings. The zero-order valence-electron chi connectivity index (χ0n) is 12.6. The van der Waals surface area contributed by atoms with Gasteiger partial charge in [0.1, 0.15) is 0 Å². The van der Waals surface area contributed by atoms with Gasteiger partial charge in [0.05, 0.1) is 6.10 Å². The van der Waals surface area contributed by atoms with Crippen molar-refractivity contribution in [2.75, 3.05) is 13.2 Å². The molecule has 1 heterocycles. The van der Waals surface area contributed by atoms with Crippen molar-refractivity contribution in [3.8, 4) is 0 Å². The van der Waals surface area contributed by atoms with E-state index in [9.17, 15) is 0 Å². The quantitative estimate of drug-likeness (QED) is 0.704. The van der Waals surface area contributed by atoms with Gasteiger partial charge in [-0.3, -0.25) is 4.98 Å². The van der Waals surface area contributed by atoms with Gasteiger partial charge in [-0.05, 0) is 44.4 Å². The Kier molecular flexibility index (Phi) is 8.43. The molecule has 0 aromatic carbocycles. The maximum atomic E-state index is 5.93. The largest absolute Gasteiger partial charge is 0.377 e. The fraction of sp³-hybridized carbons (Fsp3) is 0.688. The second-order valence-electron chi connectivity index (χ2n) is 4.91. The first-order valence-corrected chi connectivity index (χ1v) is 7.55. The number of rotatable bonds is 10. The van der Waals surface area contributed by atoms with Crippen LogP contribution < -0.4 is 5.32 Å². The summed E-state index contributed by atoms with van der Waals surface area (Å²) in [4.78, 5) is 4.20. The lowest BCUT2D eigenvalue weighted by atomic mass is 9.99. The third-order valence-corrected chi connectivity index (χ3v) is 3.24. The molecule has 1 aromatic rings. The average molecular weight is 264 g/mol. The molecule has 0 aliphatic rings. The highest BCUT2D eigenvalue weighted by molar-refractivity contribution is 5.10. The molecule has 0 aliphatic carbocycles. The third kappa shape index (κ3) is 6.17. The summed E-state index contributed by atoms with van der Waals surface area (Å²) in [5.41, 5.74) is 1.27. The predicted molar refractivity (Wildman–Crippen MR) is 80.3 cm³/mol.